The molecule has 2 aromatic rings. The number of hydrogen-bond donors (Lipinski definition) is 1. The third-order valence-electron chi connectivity index (χ3n) is 2.37. The van der Waals surface area contributed by atoms with Gasteiger partial charge < -0.3 is 10.1 Å². The minimum Gasteiger partial charge on any atom is -0.457 e. The number of nitrogens with zero attached hydrogens (tertiary/aromatic N) is 1. The molecule has 0 saturated heterocycles. The fourth-order valence-electron chi connectivity index (χ4n) is 1.52. The molecule has 0 bridgehead atoms. The molecular weight excluding hydrogens is 339 g/mol. The van der Waals surface area contributed by atoms with Crippen LogP contribution in [0, 0.1) is 0 Å². The minimum atomic E-state index is 0.451. The van der Waals surface area contributed by atoms with Crippen molar-refractivity contribution in [3.8, 4) is 11.5 Å². The number of nitrogens with one attached hydrogen (secondary N) is 1. The van der Waals surface area contributed by atoms with Gasteiger partial charge in [0.05, 0.1) is 4.05 Å². The summed E-state index contributed by atoms with van der Waals surface area (Å²) in [4.78, 5) is 3.96. The van der Waals surface area contributed by atoms with Crippen LogP contribution in [0.15, 0.2) is 48.8 Å². The highest BCUT2D eigenvalue weighted by Gasteiger charge is 2.00. The van der Waals surface area contributed by atoms with Crippen molar-refractivity contribution in [2.24, 2.45) is 0 Å². The number of aromatic nitrogens is 1. The zero-order valence-electron chi connectivity index (χ0n) is 10.1. The van der Waals surface area contributed by atoms with Gasteiger partial charge in [-0.3, -0.25) is 4.98 Å². The number of ether oxygens (including phenoxy) is 1. The average molecular weight is 354 g/mol. The first-order valence-electron chi connectivity index (χ1n) is 5.78. The Bertz CT molecular complexity index is 488. The van der Waals surface area contributed by atoms with E-state index in [0.29, 0.717) is 4.05 Å². The predicted octanol–water partition coefficient (Wildman–Crippen LogP) is 3.74. The Balaban J connectivity index is 2.03. The zero-order valence-corrected chi connectivity index (χ0v) is 12.3. The zero-order chi connectivity index (χ0) is 12.8. The van der Waals surface area contributed by atoms with E-state index in [2.05, 4.69) is 45.9 Å². The molecule has 0 unspecified atom stereocenters. The Kier molecular flexibility index (Phi) is 4.95. The van der Waals surface area contributed by atoms with Crippen molar-refractivity contribution in [3.05, 3.63) is 54.4 Å². The lowest BCUT2D eigenvalue weighted by molar-refractivity contribution is 0.481. The van der Waals surface area contributed by atoms with E-state index in [1.807, 2.05) is 30.3 Å². The maximum Gasteiger partial charge on any atom is 0.130 e. The van der Waals surface area contributed by atoms with Gasteiger partial charge in [0.1, 0.15) is 11.5 Å². The van der Waals surface area contributed by atoms with Crippen LogP contribution in [0.5, 0.6) is 11.5 Å². The molecule has 0 aliphatic carbocycles. The summed E-state index contributed by atoms with van der Waals surface area (Å²) in [6.07, 6.45) is 3.44. The topological polar surface area (TPSA) is 34.1 Å². The number of halogens is 1. The van der Waals surface area contributed by atoms with E-state index in [1.165, 1.54) is 5.56 Å². The summed E-state index contributed by atoms with van der Waals surface area (Å²) in [6.45, 7) is 2.97. The Morgan fingerprint density at radius 2 is 2.00 bits per heavy atom. The summed E-state index contributed by atoms with van der Waals surface area (Å²) < 4.78 is 6.21. The van der Waals surface area contributed by atoms with Crippen molar-refractivity contribution < 1.29 is 4.74 Å². The highest BCUT2D eigenvalue weighted by Crippen LogP contribution is 2.21. The third-order valence-corrected chi connectivity index (χ3v) is 2.81. The Morgan fingerprint density at radius 3 is 2.72 bits per heavy atom. The molecule has 0 saturated carbocycles. The first kappa shape index (κ1) is 13.3. The average Bonchev–Trinajstić information content (AvgIpc) is 2.38. The van der Waals surface area contributed by atoms with Crippen molar-refractivity contribution in [2.45, 2.75) is 17.5 Å². The number of benzene rings is 1. The van der Waals surface area contributed by atoms with Crippen LogP contribution < -0.4 is 10.1 Å². The van der Waals surface area contributed by atoms with Gasteiger partial charge in [0.25, 0.3) is 0 Å². The van der Waals surface area contributed by atoms with Gasteiger partial charge in [-0.2, -0.15) is 0 Å². The molecule has 0 radical (unpaired) electrons. The summed E-state index contributed by atoms with van der Waals surface area (Å²) >= 11 is 2.35. The fourth-order valence-corrected chi connectivity index (χ4v) is 1.74. The van der Waals surface area contributed by atoms with E-state index in [-0.39, 0.29) is 0 Å². The summed E-state index contributed by atoms with van der Waals surface area (Å²) in [5.41, 5.74) is 1.21. The van der Waals surface area contributed by atoms with Crippen molar-refractivity contribution in [2.75, 3.05) is 0 Å². The number of hydrogen-bond acceptors (Lipinski definition) is 3. The first-order chi connectivity index (χ1) is 8.74. The molecule has 1 heterocycles. The fraction of sp³-hybridized carbons (Fsp3) is 0.214. The largest absolute Gasteiger partial charge is 0.457 e. The number of alkyl halides is 1. The highest BCUT2D eigenvalue weighted by molar-refractivity contribution is 14.1. The summed E-state index contributed by atoms with van der Waals surface area (Å²) in [5, 5.41) is 3.37. The lowest BCUT2D eigenvalue weighted by Crippen LogP contribution is -2.18. The lowest BCUT2D eigenvalue weighted by Gasteiger charge is -2.09. The maximum atomic E-state index is 5.76. The number of pyridine rings is 1. The first-order valence-corrected chi connectivity index (χ1v) is 7.03. The molecule has 0 aliphatic rings. The van der Waals surface area contributed by atoms with Crippen LogP contribution in [0.4, 0.5) is 0 Å². The molecule has 1 aromatic carbocycles. The molecule has 94 valence electrons. The van der Waals surface area contributed by atoms with E-state index < -0.39 is 0 Å². The standard InChI is InChI=1S/C14H15IN2O/c1-11(15)17-10-12-3-2-4-14(9-12)18-13-5-7-16-8-6-13/h2-9,11,17H,10H2,1H3/t11-/m0/s1. The molecular formula is C14H15IN2O. The second-order valence-electron chi connectivity index (χ2n) is 3.93. The van der Waals surface area contributed by atoms with E-state index in [0.717, 1.165) is 18.0 Å². The molecule has 1 atom stereocenters. The van der Waals surface area contributed by atoms with Crippen molar-refractivity contribution in [1.29, 1.82) is 0 Å². The SMILES string of the molecule is C[C@@H](I)NCc1cccc(Oc2ccncc2)c1. The molecule has 0 amide bonds. The third kappa shape index (κ3) is 4.27. The van der Waals surface area contributed by atoms with Gasteiger partial charge in [0.15, 0.2) is 0 Å². The molecule has 0 aliphatic heterocycles. The Hall–Kier alpha value is -1.14. The smallest absolute Gasteiger partial charge is 0.130 e. The summed E-state index contributed by atoms with van der Waals surface area (Å²) in [6, 6.07) is 11.8. The summed E-state index contributed by atoms with van der Waals surface area (Å²) in [7, 11) is 0. The van der Waals surface area contributed by atoms with Crippen LogP contribution in [0.2, 0.25) is 0 Å². The monoisotopic (exact) mass is 354 g/mol. The van der Waals surface area contributed by atoms with Crippen LogP contribution in [-0.4, -0.2) is 9.03 Å². The Labute approximate surface area is 121 Å². The van der Waals surface area contributed by atoms with E-state index >= 15 is 0 Å². The van der Waals surface area contributed by atoms with E-state index in [9.17, 15) is 0 Å². The van der Waals surface area contributed by atoms with Gasteiger partial charge in [-0.15, -0.1) is 0 Å². The van der Waals surface area contributed by atoms with Gasteiger partial charge in [-0.05, 0) is 36.8 Å². The molecule has 3 nitrogen and oxygen atoms in total. The van der Waals surface area contributed by atoms with E-state index in [4.69, 9.17) is 4.74 Å². The minimum absolute atomic E-state index is 0.451. The van der Waals surface area contributed by atoms with Crippen LogP contribution >= 0.6 is 22.6 Å². The van der Waals surface area contributed by atoms with Gasteiger partial charge in [0.2, 0.25) is 0 Å². The quantitative estimate of drug-likeness (QED) is 0.505. The predicted molar refractivity (Wildman–Crippen MR) is 81.1 cm³/mol. The normalized spacial score (nSPS) is 12.1. The second-order valence-corrected chi connectivity index (χ2v) is 5.80. The van der Waals surface area contributed by atoms with E-state index in [1.54, 1.807) is 12.4 Å². The molecule has 1 N–H and O–H groups in total. The van der Waals surface area contributed by atoms with Gasteiger partial charge in [-0.1, -0.05) is 34.7 Å². The van der Waals surface area contributed by atoms with Crippen molar-refractivity contribution >= 4 is 22.6 Å². The number of rotatable bonds is 5. The van der Waals surface area contributed by atoms with Crippen molar-refractivity contribution in [1.82, 2.24) is 10.3 Å². The molecule has 0 spiro atoms. The second kappa shape index (κ2) is 6.70. The van der Waals surface area contributed by atoms with Crippen LogP contribution in [0.3, 0.4) is 0 Å². The van der Waals surface area contributed by atoms with Gasteiger partial charge in [0, 0.05) is 18.9 Å². The highest BCUT2D eigenvalue weighted by atomic mass is 127. The lowest BCUT2D eigenvalue weighted by atomic mass is 10.2. The van der Waals surface area contributed by atoms with Crippen LogP contribution in [0.1, 0.15) is 12.5 Å². The molecule has 18 heavy (non-hydrogen) atoms. The van der Waals surface area contributed by atoms with Crippen LogP contribution in [-0.2, 0) is 6.54 Å². The van der Waals surface area contributed by atoms with Gasteiger partial charge >= 0.3 is 0 Å². The molecule has 1 aromatic heterocycles. The van der Waals surface area contributed by atoms with Crippen molar-refractivity contribution in [3.63, 3.8) is 0 Å². The molecule has 2 rings (SSSR count). The Morgan fingerprint density at radius 1 is 1.22 bits per heavy atom. The maximum absolute atomic E-state index is 5.76. The molecule has 0 fully saturated rings. The van der Waals surface area contributed by atoms with Crippen LogP contribution in [0.25, 0.3) is 0 Å². The summed E-state index contributed by atoms with van der Waals surface area (Å²) in [5.74, 6) is 1.65. The molecule has 4 heteroatoms. The van der Waals surface area contributed by atoms with Gasteiger partial charge in [-0.25, -0.2) is 0 Å².